The van der Waals surface area contributed by atoms with Gasteiger partial charge in [0.2, 0.25) is 5.91 Å². The topological polar surface area (TPSA) is 76.3 Å². The SMILES string of the molecule is CN(CCc1ccncc1)C(=O)/C=C/c1ccc([N+](=O)[O-])cc1. The lowest BCUT2D eigenvalue weighted by Gasteiger charge is -2.14. The lowest BCUT2D eigenvalue weighted by molar-refractivity contribution is -0.384. The van der Waals surface area contributed by atoms with Gasteiger partial charge in [0.15, 0.2) is 0 Å². The minimum atomic E-state index is -0.453. The fourth-order valence-corrected chi connectivity index (χ4v) is 1.96. The molecule has 0 spiro atoms. The lowest BCUT2D eigenvalue weighted by atomic mass is 10.2. The monoisotopic (exact) mass is 311 g/mol. The molecule has 0 aliphatic carbocycles. The molecule has 0 atom stereocenters. The molecule has 0 radical (unpaired) electrons. The zero-order valence-corrected chi connectivity index (χ0v) is 12.8. The molecule has 0 unspecified atom stereocenters. The van der Waals surface area contributed by atoms with Gasteiger partial charge in [-0.1, -0.05) is 0 Å². The van der Waals surface area contributed by atoms with Crippen LogP contribution in [0, 0.1) is 10.1 Å². The normalized spacial score (nSPS) is 10.7. The number of nitro groups is 1. The maximum atomic E-state index is 12.0. The molecule has 0 fully saturated rings. The van der Waals surface area contributed by atoms with Gasteiger partial charge in [0.05, 0.1) is 4.92 Å². The van der Waals surface area contributed by atoms with Crippen molar-refractivity contribution in [3.8, 4) is 0 Å². The highest BCUT2D eigenvalue weighted by molar-refractivity contribution is 5.91. The van der Waals surface area contributed by atoms with Crippen molar-refractivity contribution in [2.75, 3.05) is 13.6 Å². The Hall–Kier alpha value is -3.02. The Bertz CT molecular complexity index is 697. The highest BCUT2D eigenvalue weighted by Gasteiger charge is 2.06. The van der Waals surface area contributed by atoms with Crippen molar-refractivity contribution in [2.45, 2.75) is 6.42 Å². The minimum absolute atomic E-state index is 0.0305. The predicted octanol–water partition coefficient (Wildman–Crippen LogP) is 2.70. The fourth-order valence-electron chi connectivity index (χ4n) is 1.96. The Morgan fingerprint density at radius 1 is 1.22 bits per heavy atom. The van der Waals surface area contributed by atoms with Crippen LogP contribution in [0.5, 0.6) is 0 Å². The van der Waals surface area contributed by atoms with Crippen molar-refractivity contribution >= 4 is 17.7 Å². The summed E-state index contributed by atoms with van der Waals surface area (Å²) in [7, 11) is 1.74. The number of carbonyl (C=O) groups is 1. The summed E-state index contributed by atoms with van der Waals surface area (Å²) in [4.78, 5) is 27.7. The Balaban J connectivity index is 1.88. The summed E-state index contributed by atoms with van der Waals surface area (Å²) in [5.74, 6) is -0.114. The molecule has 118 valence electrons. The first-order valence-electron chi connectivity index (χ1n) is 7.13. The van der Waals surface area contributed by atoms with Gasteiger partial charge < -0.3 is 4.90 Å². The van der Waals surface area contributed by atoms with Crippen LogP contribution in [0.25, 0.3) is 6.08 Å². The molecule has 0 saturated heterocycles. The van der Waals surface area contributed by atoms with Crippen LogP contribution in [-0.4, -0.2) is 34.3 Å². The molecule has 23 heavy (non-hydrogen) atoms. The standard InChI is InChI=1S/C17H17N3O3/c1-19(13-10-15-8-11-18-12-9-15)17(21)7-4-14-2-5-16(6-3-14)20(22)23/h2-9,11-12H,10,13H2,1H3/b7-4+. The summed E-state index contributed by atoms with van der Waals surface area (Å²) in [6, 6.07) is 9.89. The van der Waals surface area contributed by atoms with E-state index in [0.717, 1.165) is 17.5 Å². The first kappa shape index (κ1) is 16.4. The molecule has 1 heterocycles. The number of carbonyl (C=O) groups excluding carboxylic acids is 1. The van der Waals surface area contributed by atoms with Crippen molar-refractivity contribution in [1.29, 1.82) is 0 Å². The molecular formula is C17H17N3O3. The summed E-state index contributed by atoms with van der Waals surface area (Å²) in [6.07, 6.45) is 7.33. The van der Waals surface area contributed by atoms with Crippen molar-refractivity contribution in [2.24, 2.45) is 0 Å². The molecule has 1 aromatic carbocycles. The van der Waals surface area contributed by atoms with E-state index in [1.165, 1.54) is 18.2 Å². The number of nitro benzene ring substituents is 1. The van der Waals surface area contributed by atoms with Crippen LogP contribution in [0.1, 0.15) is 11.1 Å². The van der Waals surface area contributed by atoms with Crippen molar-refractivity contribution in [3.05, 3.63) is 76.1 Å². The number of rotatable bonds is 6. The number of hydrogen-bond acceptors (Lipinski definition) is 4. The van der Waals surface area contributed by atoms with Gasteiger partial charge in [0, 0.05) is 44.2 Å². The van der Waals surface area contributed by atoms with E-state index in [-0.39, 0.29) is 11.6 Å². The molecule has 1 amide bonds. The molecule has 2 aromatic rings. The Morgan fingerprint density at radius 3 is 2.48 bits per heavy atom. The third-order valence-electron chi connectivity index (χ3n) is 3.38. The van der Waals surface area contributed by atoms with Gasteiger partial charge in [0.1, 0.15) is 0 Å². The number of aromatic nitrogens is 1. The smallest absolute Gasteiger partial charge is 0.269 e. The summed E-state index contributed by atoms with van der Waals surface area (Å²) in [5.41, 5.74) is 1.90. The molecule has 0 bridgehead atoms. The first-order valence-corrected chi connectivity index (χ1v) is 7.13. The molecule has 0 aliphatic heterocycles. The second-order valence-electron chi connectivity index (χ2n) is 5.05. The number of hydrogen-bond donors (Lipinski definition) is 0. The van der Waals surface area contributed by atoms with Crippen LogP contribution < -0.4 is 0 Å². The number of amides is 1. The molecule has 1 aromatic heterocycles. The summed E-state index contributed by atoms with van der Waals surface area (Å²) in [6.45, 7) is 0.605. The average Bonchev–Trinajstić information content (AvgIpc) is 2.58. The van der Waals surface area contributed by atoms with Crippen LogP contribution in [-0.2, 0) is 11.2 Å². The molecular weight excluding hydrogens is 294 g/mol. The molecule has 0 saturated carbocycles. The second-order valence-corrected chi connectivity index (χ2v) is 5.05. The van der Waals surface area contributed by atoms with Gasteiger partial charge in [-0.15, -0.1) is 0 Å². The van der Waals surface area contributed by atoms with Gasteiger partial charge in [-0.05, 0) is 47.9 Å². The van der Waals surface area contributed by atoms with Gasteiger partial charge in [-0.25, -0.2) is 0 Å². The number of benzene rings is 1. The van der Waals surface area contributed by atoms with E-state index >= 15 is 0 Å². The quantitative estimate of drug-likeness (QED) is 0.467. The van der Waals surface area contributed by atoms with Crippen LogP contribution >= 0.6 is 0 Å². The van der Waals surface area contributed by atoms with Crippen molar-refractivity contribution < 1.29 is 9.72 Å². The first-order chi connectivity index (χ1) is 11.1. The van der Waals surface area contributed by atoms with E-state index < -0.39 is 4.92 Å². The molecule has 6 nitrogen and oxygen atoms in total. The molecule has 2 rings (SSSR count). The Morgan fingerprint density at radius 2 is 1.87 bits per heavy atom. The number of nitrogens with zero attached hydrogens (tertiary/aromatic N) is 3. The fraction of sp³-hybridized carbons (Fsp3) is 0.176. The van der Waals surface area contributed by atoms with Gasteiger partial charge in [-0.3, -0.25) is 19.9 Å². The van der Waals surface area contributed by atoms with E-state index in [4.69, 9.17) is 0 Å². The lowest BCUT2D eigenvalue weighted by Crippen LogP contribution is -2.27. The van der Waals surface area contributed by atoms with Gasteiger partial charge >= 0.3 is 0 Å². The maximum Gasteiger partial charge on any atom is 0.269 e. The Kier molecular flexibility index (Phi) is 5.57. The van der Waals surface area contributed by atoms with Crippen molar-refractivity contribution in [1.82, 2.24) is 9.88 Å². The largest absolute Gasteiger partial charge is 0.342 e. The van der Waals surface area contributed by atoms with Crippen LogP contribution in [0.2, 0.25) is 0 Å². The predicted molar refractivity (Wildman–Crippen MR) is 87.7 cm³/mol. The van der Waals surface area contributed by atoms with E-state index in [9.17, 15) is 14.9 Å². The minimum Gasteiger partial charge on any atom is -0.342 e. The molecule has 0 N–H and O–H groups in total. The van der Waals surface area contributed by atoms with Gasteiger partial charge in [-0.2, -0.15) is 0 Å². The second kappa shape index (κ2) is 7.84. The zero-order chi connectivity index (χ0) is 16.7. The van der Waals surface area contributed by atoms with E-state index in [1.54, 1.807) is 42.6 Å². The van der Waals surface area contributed by atoms with Crippen molar-refractivity contribution in [3.63, 3.8) is 0 Å². The number of pyridine rings is 1. The molecule has 6 heteroatoms. The van der Waals surface area contributed by atoms with Crippen LogP contribution in [0.4, 0.5) is 5.69 Å². The summed E-state index contributed by atoms with van der Waals surface area (Å²) >= 11 is 0. The average molecular weight is 311 g/mol. The zero-order valence-electron chi connectivity index (χ0n) is 12.8. The number of likely N-dealkylation sites (N-methyl/N-ethyl adjacent to an activating group) is 1. The third-order valence-corrected chi connectivity index (χ3v) is 3.38. The highest BCUT2D eigenvalue weighted by Crippen LogP contribution is 2.13. The summed E-state index contributed by atoms with van der Waals surface area (Å²) in [5, 5.41) is 10.6. The summed E-state index contributed by atoms with van der Waals surface area (Å²) < 4.78 is 0. The maximum absolute atomic E-state index is 12.0. The number of non-ortho nitro benzene ring substituents is 1. The highest BCUT2D eigenvalue weighted by atomic mass is 16.6. The van der Waals surface area contributed by atoms with E-state index in [0.29, 0.717) is 6.54 Å². The van der Waals surface area contributed by atoms with E-state index in [2.05, 4.69) is 4.98 Å². The molecule has 0 aliphatic rings. The van der Waals surface area contributed by atoms with Gasteiger partial charge in [0.25, 0.3) is 5.69 Å². The Labute approximate surface area is 134 Å². The van der Waals surface area contributed by atoms with Crippen LogP contribution in [0.15, 0.2) is 54.9 Å². The van der Waals surface area contributed by atoms with E-state index in [1.807, 2.05) is 12.1 Å². The van der Waals surface area contributed by atoms with Crippen LogP contribution in [0.3, 0.4) is 0 Å². The third kappa shape index (κ3) is 5.03.